The highest BCUT2D eigenvalue weighted by molar-refractivity contribution is 6.38. The van der Waals surface area contributed by atoms with Gasteiger partial charge in [0, 0.05) is 98.7 Å². The fraction of sp³-hybridized carbons (Fsp3) is 0.0370. The third-order valence-corrected chi connectivity index (χ3v) is 18.3. The fourth-order valence-electron chi connectivity index (χ4n) is 14.8. The molecule has 12 aromatic carbocycles. The van der Waals surface area contributed by atoms with Gasteiger partial charge in [-0.1, -0.05) is 183 Å². The number of hydrogen-bond acceptors (Lipinski definition) is 4. The molecule has 0 saturated carbocycles. The molecular formula is C81H54N4O2. The lowest BCUT2D eigenvalue weighted by Gasteiger charge is -2.26. The van der Waals surface area contributed by atoms with Gasteiger partial charge in [0.2, 0.25) is 0 Å². The van der Waals surface area contributed by atoms with Gasteiger partial charge < -0.3 is 27.4 Å². The molecule has 0 amide bonds. The van der Waals surface area contributed by atoms with Crippen molar-refractivity contribution in [3.8, 4) is 22.3 Å². The first-order valence-electron chi connectivity index (χ1n) is 29.9. The van der Waals surface area contributed by atoms with Crippen LogP contribution in [0, 0.1) is 13.8 Å². The molecule has 18 aromatic rings. The van der Waals surface area contributed by atoms with Crippen LogP contribution in [0.3, 0.4) is 0 Å². The topological polar surface area (TPSA) is 41.6 Å². The van der Waals surface area contributed by atoms with Gasteiger partial charge in [0.05, 0.1) is 44.5 Å². The Morgan fingerprint density at radius 1 is 0.379 bits per heavy atom. The van der Waals surface area contributed by atoms with Crippen molar-refractivity contribution in [2.75, 3.05) is 9.80 Å². The Morgan fingerprint density at radius 3 is 1.36 bits per heavy atom. The molecule has 6 aromatic heterocycles. The van der Waals surface area contributed by atoms with Gasteiger partial charge in [-0.05, 0) is 128 Å². The highest BCUT2D eigenvalue weighted by atomic mass is 16.3. The molecule has 0 bridgehead atoms. The van der Waals surface area contributed by atoms with Crippen LogP contribution in [-0.4, -0.2) is 8.80 Å². The van der Waals surface area contributed by atoms with Gasteiger partial charge in [-0.15, -0.1) is 0 Å². The summed E-state index contributed by atoms with van der Waals surface area (Å²) in [6, 6.07) is 89.1. The summed E-state index contributed by atoms with van der Waals surface area (Å²) in [5.41, 5.74) is 23.9. The zero-order chi connectivity index (χ0) is 57.8. The first-order chi connectivity index (χ1) is 42.9. The highest BCUT2D eigenvalue weighted by Crippen LogP contribution is 2.55. The standard InChI is InChI=1S/C81H54N4O2/c1-5-21-56-60-33-19-37-68(80(60)86-70(56)6-2)82(52-28-15-22-48(3)44-52)54-40-42-66-64(46-54)58-31-17-35-62-74-73(51-26-11-8-12-27-51)79-75(72(50-24-9-7-10-25-50)78(74)84(66)76(58)62)63-36-18-32-59-65-47-55(41-43-67(65)85(79)77(59)63)83(53-29-16-23-49(4)45-53)69-38-20-34-61-57-30-13-14-39-71(57)87-81(61)69/h5-47H,2H2,1,3-4H3/b21-5-. The smallest absolute Gasteiger partial charge is 0.159 e. The first kappa shape index (κ1) is 49.1. The molecule has 0 aliphatic heterocycles. The third-order valence-electron chi connectivity index (χ3n) is 18.3. The maximum Gasteiger partial charge on any atom is 0.159 e. The molecule has 0 aliphatic carbocycles. The van der Waals surface area contributed by atoms with Gasteiger partial charge >= 0.3 is 0 Å². The zero-order valence-corrected chi connectivity index (χ0v) is 48.1. The Hall–Kier alpha value is -11.3. The van der Waals surface area contributed by atoms with Crippen molar-refractivity contribution >= 4 is 155 Å². The number of nitrogens with zero attached hydrogens (tertiary/aromatic N) is 4. The molecule has 0 spiro atoms. The molecule has 87 heavy (non-hydrogen) atoms. The number of aromatic nitrogens is 2. The second kappa shape index (κ2) is 18.6. The van der Waals surface area contributed by atoms with E-state index < -0.39 is 0 Å². The summed E-state index contributed by atoms with van der Waals surface area (Å²) >= 11 is 0. The van der Waals surface area contributed by atoms with Crippen LogP contribution in [0.5, 0.6) is 0 Å². The van der Waals surface area contributed by atoms with E-state index in [0.717, 1.165) is 89.4 Å². The molecule has 0 radical (unpaired) electrons. The van der Waals surface area contributed by atoms with Crippen LogP contribution in [0.1, 0.15) is 29.4 Å². The Bertz CT molecular complexity index is 5900. The maximum absolute atomic E-state index is 6.79. The summed E-state index contributed by atoms with van der Waals surface area (Å²) in [7, 11) is 0. The summed E-state index contributed by atoms with van der Waals surface area (Å²) < 4.78 is 18.7. The van der Waals surface area contributed by atoms with E-state index in [1.165, 1.54) is 98.5 Å². The number of para-hydroxylation sites is 5. The van der Waals surface area contributed by atoms with Crippen molar-refractivity contribution in [2.45, 2.75) is 20.8 Å². The van der Waals surface area contributed by atoms with Gasteiger partial charge in [-0.3, -0.25) is 0 Å². The number of rotatable bonds is 10. The van der Waals surface area contributed by atoms with Gasteiger partial charge in [0.15, 0.2) is 11.2 Å². The number of aryl methyl sites for hydroxylation is 2. The van der Waals surface area contributed by atoms with E-state index in [2.05, 4.69) is 288 Å². The lowest BCUT2D eigenvalue weighted by molar-refractivity contribution is 0.604. The molecule has 0 fully saturated rings. The quantitative estimate of drug-likeness (QED) is 0.137. The fourth-order valence-corrected chi connectivity index (χ4v) is 14.8. The predicted octanol–water partition coefficient (Wildman–Crippen LogP) is 23.2. The summed E-state index contributed by atoms with van der Waals surface area (Å²) in [6.07, 6.45) is 5.99. The van der Waals surface area contributed by atoms with Crippen LogP contribution < -0.4 is 9.80 Å². The molecule has 410 valence electrons. The normalized spacial score (nSPS) is 12.3. The number of furan rings is 2. The molecule has 18 rings (SSSR count). The number of fused-ring (bicyclic) bond motifs is 16. The van der Waals surface area contributed by atoms with Crippen LogP contribution >= 0.6 is 0 Å². The van der Waals surface area contributed by atoms with E-state index in [1.54, 1.807) is 0 Å². The van der Waals surface area contributed by atoms with Crippen LogP contribution in [0.2, 0.25) is 0 Å². The SMILES string of the molecule is C=Cc1oc2c(N(c3cccc(C)c3)c3ccc4c(c3)c3cccc5c6c(-c7ccccc7)c7c(c(-c8ccccc8)c6n4c35)c3cccc4c5cc(N(c6cccc(C)c6)c6cccc8c6oc6ccccc68)ccc5n7c43)cccc2c1/C=C\C. The monoisotopic (exact) mass is 1110 g/mol. The Balaban J connectivity index is 0.936. The van der Waals surface area contributed by atoms with E-state index in [-0.39, 0.29) is 0 Å². The molecule has 6 heteroatoms. The van der Waals surface area contributed by atoms with E-state index in [4.69, 9.17) is 8.83 Å². The van der Waals surface area contributed by atoms with Crippen molar-refractivity contribution in [3.63, 3.8) is 0 Å². The number of allylic oxidation sites excluding steroid dienone is 1. The minimum absolute atomic E-state index is 0.753. The minimum Gasteiger partial charge on any atom is -0.454 e. The largest absolute Gasteiger partial charge is 0.454 e. The average molecular weight is 1120 g/mol. The van der Waals surface area contributed by atoms with Crippen LogP contribution in [0.4, 0.5) is 34.1 Å². The Morgan fingerprint density at radius 2 is 0.828 bits per heavy atom. The predicted molar refractivity (Wildman–Crippen MR) is 367 cm³/mol. The van der Waals surface area contributed by atoms with Gasteiger partial charge in [-0.25, -0.2) is 0 Å². The van der Waals surface area contributed by atoms with Crippen molar-refractivity contribution in [1.82, 2.24) is 8.80 Å². The second-order valence-electron chi connectivity index (χ2n) is 23.2. The Labute approximate surface area is 500 Å². The van der Waals surface area contributed by atoms with Crippen molar-refractivity contribution in [2.24, 2.45) is 0 Å². The zero-order valence-electron chi connectivity index (χ0n) is 48.1. The molecular weight excluding hydrogens is 1060 g/mol. The van der Waals surface area contributed by atoms with Crippen molar-refractivity contribution < 1.29 is 8.83 Å². The summed E-state index contributed by atoms with van der Waals surface area (Å²) in [6.45, 7) is 10.5. The van der Waals surface area contributed by atoms with E-state index in [9.17, 15) is 0 Å². The minimum atomic E-state index is 0.753. The summed E-state index contributed by atoms with van der Waals surface area (Å²) in [5, 5.41) is 12.9. The second-order valence-corrected chi connectivity index (χ2v) is 23.2. The van der Waals surface area contributed by atoms with Gasteiger partial charge in [-0.2, -0.15) is 0 Å². The third kappa shape index (κ3) is 6.92. The molecule has 6 heterocycles. The average Bonchev–Trinajstić information content (AvgIpc) is 1.51. The van der Waals surface area contributed by atoms with Crippen molar-refractivity contribution in [3.05, 3.63) is 278 Å². The van der Waals surface area contributed by atoms with E-state index in [1.807, 2.05) is 19.1 Å². The summed E-state index contributed by atoms with van der Waals surface area (Å²) in [5.74, 6) is 0.753. The molecule has 0 atom stereocenters. The lowest BCUT2D eigenvalue weighted by atomic mass is 9.89. The number of anilines is 6. The Kier molecular flexibility index (Phi) is 10.5. The van der Waals surface area contributed by atoms with Crippen LogP contribution in [0.25, 0.3) is 144 Å². The van der Waals surface area contributed by atoms with Crippen LogP contribution in [-0.2, 0) is 0 Å². The molecule has 0 N–H and O–H groups in total. The van der Waals surface area contributed by atoms with Gasteiger partial charge in [0.1, 0.15) is 11.3 Å². The lowest BCUT2D eigenvalue weighted by Crippen LogP contribution is -2.10. The highest BCUT2D eigenvalue weighted by Gasteiger charge is 2.32. The molecule has 0 saturated heterocycles. The van der Waals surface area contributed by atoms with Crippen LogP contribution in [0.15, 0.2) is 264 Å². The molecule has 6 nitrogen and oxygen atoms in total. The molecule has 0 aliphatic rings. The van der Waals surface area contributed by atoms with Crippen molar-refractivity contribution in [1.29, 1.82) is 0 Å². The molecule has 0 unspecified atom stereocenters. The van der Waals surface area contributed by atoms with E-state index in [0.29, 0.717) is 0 Å². The number of benzene rings is 12. The maximum atomic E-state index is 6.79. The van der Waals surface area contributed by atoms with E-state index >= 15 is 0 Å². The summed E-state index contributed by atoms with van der Waals surface area (Å²) in [4.78, 5) is 4.73. The van der Waals surface area contributed by atoms with Gasteiger partial charge in [0.25, 0.3) is 0 Å². The first-order valence-corrected chi connectivity index (χ1v) is 29.9. The number of hydrogen-bond donors (Lipinski definition) is 0.